The molecule has 1 aliphatic heterocycles. The number of piperidine rings is 1. The van der Waals surface area contributed by atoms with Crippen molar-refractivity contribution >= 4 is 22.5 Å². The van der Waals surface area contributed by atoms with Gasteiger partial charge >= 0.3 is 0 Å². The Bertz CT molecular complexity index is 999. The Kier molecular flexibility index (Phi) is 4.51. The molecule has 27 heavy (non-hydrogen) atoms. The smallest absolute Gasteiger partial charge is 0.253 e. The van der Waals surface area contributed by atoms with Crippen LogP contribution in [0.15, 0.2) is 36.7 Å². The normalized spacial score (nSPS) is 17.3. The van der Waals surface area contributed by atoms with Gasteiger partial charge in [0.2, 0.25) is 0 Å². The summed E-state index contributed by atoms with van der Waals surface area (Å²) >= 11 is 0. The van der Waals surface area contributed by atoms with Crippen LogP contribution >= 0.6 is 0 Å². The quantitative estimate of drug-likeness (QED) is 0.773. The summed E-state index contributed by atoms with van der Waals surface area (Å²) in [6, 6.07) is 6.27. The maximum absolute atomic E-state index is 13.4. The third-order valence-corrected chi connectivity index (χ3v) is 5.03. The second-order valence-corrected chi connectivity index (χ2v) is 7.09. The van der Waals surface area contributed by atoms with E-state index in [-0.39, 0.29) is 17.8 Å². The highest BCUT2D eigenvalue weighted by molar-refractivity contribution is 5.98. The SMILES string of the molecule is Cc1nc2cc(F)ccc2cc1C(=O)NC1CCCN(c2cnn(C)c2)C1. The van der Waals surface area contributed by atoms with Gasteiger partial charge in [-0.1, -0.05) is 0 Å². The number of halogens is 1. The molecule has 1 saturated heterocycles. The van der Waals surface area contributed by atoms with Crippen molar-refractivity contribution in [2.75, 3.05) is 18.0 Å². The molecule has 1 fully saturated rings. The molecule has 1 atom stereocenters. The predicted molar refractivity (Wildman–Crippen MR) is 102 cm³/mol. The van der Waals surface area contributed by atoms with Crippen molar-refractivity contribution in [2.24, 2.45) is 7.05 Å². The Hall–Kier alpha value is -2.96. The van der Waals surface area contributed by atoms with Gasteiger partial charge in [-0.2, -0.15) is 5.10 Å². The summed E-state index contributed by atoms with van der Waals surface area (Å²) in [5.41, 5.74) is 2.77. The molecule has 0 bridgehead atoms. The first-order valence-corrected chi connectivity index (χ1v) is 9.11. The average molecular weight is 367 g/mol. The summed E-state index contributed by atoms with van der Waals surface area (Å²) in [6.45, 7) is 3.49. The summed E-state index contributed by atoms with van der Waals surface area (Å²) in [5, 5.41) is 8.12. The second-order valence-electron chi connectivity index (χ2n) is 7.09. The van der Waals surface area contributed by atoms with Gasteiger partial charge in [-0.05, 0) is 38.0 Å². The van der Waals surface area contributed by atoms with E-state index in [0.29, 0.717) is 16.8 Å². The Labute approximate surface area is 157 Å². The fourth-order valence-electron chi connectivity index (χ4n) is 3.63. The largest absolute Gasteiger partial charge is 0.367 e. The molecular weight excluding hydrogens is 345 g/mol. The van der Waals surface area contributed by atoms with Gasteiger partial charge in [-0.25, -0.2) is 4.39 Å². The summed E-state index contributed by atoms with van der Waals surface area (Å²) in [6.07, 6.45) is 5.78. The lowest BCUT2D eigenvalue weighted by Crippen LogP contribution is -2.47. The van der Waals surface area contributed by atoms with Crippen molar-refractivity contribution in [1.29, 1.82) is 0 Å². The highest BCUT2D eigenvalue weighted by atomic mass is 19.1. The van der Waals surface area contributed by atoms with Crippen LogP contribution in [0.25, 0.3) is 10.9 Å². The molecule has 1 N–H and O–H groups in total. The Morgan fingerprint density at radius 1 is 1.33 bits per heavy atom. The van der Waals surface area contributed by atoms with Gasteiger partial charge in [0.1, 0.15) is 5.82 Å². The van der Waals surface area contributed by atoms with Crippen LogP contribution in [0.1, 0.15) is 28.9 Å². The van der Waals surface area contributed by atoms with Crippen molar-refractivity contribution in [3.05, 3.63) is 53.7 Å². The number of amides is 1. The van der Waals surface area contributed by atoms with E-state index in [1.807, 2.05) is 19.4 Å². The first-order valence-electron chi connectivity index (χ1n) is 9.11. The molecule has 6 nitrogen and oxygen atoms in total. The van der Waals surface area contributed by atoms with E-state index in [2.05, 4.69) is 20.3 Å². The maximum Gasteiger partial charge on any atom is 0.253 e. The number of aryl methyl sites for hydroxylation is 2. The number of rotatable bonds is 3. The van der Waals surface area contributed by atoms with Gasteiger partial charge in [0.25, 0.3) is 5.91 Å². The standard InChI is InChI=1S/C20H22FN5O/c1-13-18(8-14-5-6-15(21)9-19(14)23-13)20(27)24-16-4-3-7-26(11-16)17-10-22-25(2)12-17/h5-6,8-10,12,16H,3-4,7,11H2,1-2H3,(H,24,27). The van der Waals surface area contributed by atoms with E-state index >= 15 is 0 Å². The minimum absolute atomic E-state index is 0.0646. The van der Waals surface area contributed by atoms with E-state index in [9.17, 15) is 9.18 Å². The Balaban J connectivity index is 1.50. The van der Waals surface area contributed by atoms with Crippen LogP contribution in [0.5, 0.6) is 0 Å². The van der Waals surface area contributed by atoms with Crippen molar-refractivity contribution in [1.82, 2.24) is 20.1 Å². The number of anilines is 1. The molecule has 0 radical (unpaired) electrons. The molecular formula is C20H22FN5O. The zero-order chi connectivity index (χ0) is 19.0. The number of nitrogens with one attached hydrogen (secondary N) is 1. The topological polar surface area (TPSA) is 63.1 Å². The van der Waals surface area contributed by atoms with Crippen LogP contribution in [0.3, 0.4) is 0 Å². The van der Waals surface area contributed by atoms with E-state index in [4.69, 9.17) is 0 Å². The number of hydrogen-bond acceptors (Lipinski definition) is 4. The lowest BCUT2D eigenvalue weighted by atomic mass is 10.0. The molecule has 0 saturated carbocycles. The minimum atomic E-state index is -0.329. The fourth-order valence-corrected chi connectivity index (χ4v) is 3.63. The molecule has 7 heteroatoms. The van der Waals surface area contributed by atoms with Gasteiger partial charge < -0.3 is 10.2 Å². The summed E-state index contributed by atoms with van der Waals surface area (Å²) in [4.78, 5) is 19.5. The highest BCUT2D eigenvalue weighted by Gasteiger charge is 2.23. The van der Waals surface area contributed by atoms with Gasteiger partial charge in [0.15, 0.2) is 0 Å². The molecule has 140 valence electrons. The van der Waals surface area contributed by atoms with Gasteiger partial charge in [0, 0.05) is 43.8 Å². The number of fused-ring (bicyclic) bond motifs is 1. The van der Waals surface area contributed by atoms with Gasteiger partial charge in [0.05, 0.1) is 28.7 Å². The van der Waals surface area contributed by atoms with Crippen molar-refractivity contribution in [3.8, 4) is 0 Å². The molecule has 0 aliphatic carbocycles. The molecule has 1 amide bonds. The fraction of sp³-hybridized carbons (Fsp3) is 0.350. The zero-order valence-electron chi connectivity index (χ0n) is 15.4. The molecule has 1 aliphatic rings. The van der Waals surface area contributed by atoms with Gasteiger partial charge in [-0.15, -0.1) is 0 Å². The van der Waals surface area contributed by atoms with Crippen molar-refractivity contribution < 1.29 is 9.18 Å². The summed E-state index contributed by atoms with van der Waals surface area (Å²) in [7, 11) is 1.90. The first-order chi connectivity index (χ1) is 13.0. The van der Waals surface area contributed by atoms with E-state index in [0.717, 1.165) is 37.0 Å². The summed E-state index contributed by atoms with van der Waals surface area (Å²) < 4.78 is 15.2. The first kappa shape index (κ1) is 17.5. The minimum Gasteiger partial charge on any atom is -0.367 e. The van der Waals surface area contributed by atoms with Crippen LogP contribution in [-0.2, 0) is 7.05 Å². The van der Waals surface area contributed by atoms with Crippen molar-refractivity contribution in [2.45, 2.75) is 25.8 Å². The van der Waals surface area contributed by atoms with Crippen LogP contribution in [0.4, 0.5) is 10.1 Å². The average Bonchev–Trinajstić information content (AvgIpc) is 3.07. The molecule has 1 aromatic carbocycles. The Morgan fingerprint density at radius 3 is 2.96 bits per heavy atom. The van der Waals surface area contributed by atoms with Crippen LogP contribution in [0.2, 0.25) is 0 Å². The van der Waals surface area contributed by atoms with Crippen LogP contribution < -0.4 is 10.2 Å². The molecule has 3 heterocycles. The number of carbonyl (C=O) groups excluding carboxylic acids is 1. The number of carbonyl (C=O) groups is 1. The third-order valence-electron chi connectivity index (χ3n) is 5.03. The monoisotopic (exact) mass is 367 g/mol. The highest BCUT2D eigenvalue weighted by Crippen LogP contribution is 2.21. The summed E-state index contributed by atoms with van der Waals surface area (Å²) in [5.74, 6) is -0.464. The number of hydrogen-bond donors (Lipinski definition) is 1. The molecule has 4 rings (SSSR count). The number of aromatic nitrogens is 3. The lowest BCUT2D eigenvalue weighted by Gasteiger charge is -2.33. The Morgan fingerprint density at radius 2 is 2.19 bits per heavy atom. The maximum atomic E-state index is 13.4. The number of nitrogens with zero attached hydrogens (tertiary/aromatic N) is 4. The van der Waals surface area contributed by atoms with Crippen molar-refractivity contribution in [3.63, 3.8) is 0 Å². The number of benzene rings is 1. The lowest BCUT2D eigenvalue weighted by molar-refractivity contribution is 0.0932. The van der Waals surface area contributed by atoms with Crippen LogP contribution in [-0.4, -0.2) is 39.8 Å². The van der Waals surface area contributed by atoms with Crippen LogP contribution in [0, 0.1) is 12.7 Å². The van der Waals surface area contributed by atoms with Gasteiger partial charge in [-0.3, -0.25) is 14.5 Å². The predicted octanol–water partition coefficient (Wildman–Crippen LogP) is 2.81. The second kappa shape index (κ2) is 6.98. The van der Waals surface area contributed by atoms with E-state index < -0.39 is 0 Å². The third kappa shape index (κ3) is 3.63. The molecule has 0 spiro atoms. The van der Waals surface area contributed by atoms with E-state index in [1.165, 1.54) is 12.1 Å². The molecule has 2 aromatic heterocycles. The molecule has 3 aromatic rings. The zero-order valence-corrected chi connectivity index (χ0v) is 15.4. The molecule has 1 unspecified atom stereocenters. The number of pyridine rings is 1. The van der Waals surface area contributed by atoms with E-state index in [1.54, 1.807) is 23.7 Å².